The molecule has 26 heavy (non-hydrogen) atoms. The molecular weight excluding hydrogens is 448 g/mol. The van der Waals surface area contributed by atoms with Gasteiger partial charge < -0.3 is 20.1 Å². The van der Waals surface area contributed by atoms with Crippen LogP contribution in [0.1, 0.15) is 31.7 Å². The Kier molecular flexibility index (Phi) is 12.6. The van der Waals surface area contributed by atoms with E-state index in [4.69, 9.17) is 9.47 Å². The maximum Gasteiger partial charge on any atom is 0.191 e. The molecule has 2 N–H and O–H groups in total. The van der Waals surface area contributed by atoms with Crippen LogP contribution in [0.5, 0.6) is 0 Å². The molecule has 0 amide bonds. The number of benzene rings is 1. The maximum atomic E-state index is 13.6. The van der Waals surface area contributed by atoms with Crippen LogP contribution < -0.4 is 10.6 Å². The molecule has 0 aromatic heterocycles. The topological polar surface area (TPSA) is 54.9 Å². The third kappa shape index (κ3) is 9.14. The molecule has 0 saturated carbocycles. The summed E-state index contributed by atoms with van der Waals surface area (Å²) in [4.78, 5) is 4.44. The van der Waals surface area contributed by atoms with E-state index in [0.717, 1.165) is 58.8 Å². The Bertz CT molecular complexity index is 525. The monoisotopic (exact) mass is 479 g/mol. The van der Waals surface area contributed by atoms with Gasteiger partial charge in [0.25, 0.3) is 0 Å². The first kappa shape index (κ1) is 23.1. The number of aliphatic imine (C=N–C) groups is 1. The molecule has 0 spiro atoms. The highest BCUT2D eigenvalue weighted by molar-refractivity contribution is 14.0. The first-order chi connectivity index (χ1) is 12.3. The summed E-state index contributed by atoms with van der Waals surface area (Å²) in [5.74, 6) is 1.13. The van der Waals surface area contributed by atoms with Crippen LogP contribution in [0, 0.1) is 11.7 Å². The smallest absolute Gasteiger partial charge is 0.191 e. The van der Waals surface area contributed by atoms with Gasteiger partial charge in [-0.1, -0.05) is 18.2 Å². The zero-order valence-corrected chi connectivity index (χ0v) is 17.8. The molecule has 0 radical (unpaired) electrons. The van der Waals surface area contributed by atoms with Crippen molar-refractivity contribution in [1.82, 2.24) is 10.6 Å². The summed E-state index contributed by atoms with van der Waals surface area (Å²) in [7, 11) is 0. The van der Waals surface area contributed by atoms with Crippen LogP contribution >= 0.6 is 24.0 Å². The first-order valence-corrected chi connectivity index (χ1v) is 9.20. The van der Waals surface area contributed by atoms with E-state index in [0.29, 0.717) is 24.0 Å². The fourth-order valence-electron chi connectivity index (χ4n) is 2.68. The number of hydrogen-bond donors (Lipinski definition) is 2. The quantitative estimate of drug-likeness (QED) is 0.247. The predicted molar refractivity (Wildman–Crippen MR) is 114 cm³/mol. The molecule has 2 rings (SSSR count). The number of ether oxygens (including phenoxy) is 2. The molecule has 5 nitrogen and oxygen atoms in total. The van der Waals surface area contributed by atoms with Crippen molar-refractivity contribution in [2.45, 2.75) is 32.7 Å². The fourth-order valence-corrected chi connectivity index (χ4v) is 2.68. The number of rotatable bonds is 9. The van der Waals surface area contributed by atoms with Gasteiger partial charge in [0.15, 0.2) is 5.96 Å². The van der Waals surface area contributed by atoms with E-state index in [1.165, 1.54) is 6.07 Å². The van der Waals surface area contributed by atoms with E-state index in [1.807, 2.05) is 13.0 Å². The third-order valence-electron chi connectivity index (χ3n) is 4.16. The molecule has 1 saturated heterocycles. The van der Waals surface area contributed by atoms with Crippen molar-refractivity contribution in [3.8, 4) is 0 Å². The molecule has 0 atom stereocenters. The van der Waals surface area contributed by atoms with E-state index in [2.05, 4.69) is 15.6 Å². The summed E-state index contributed by atoms with van der Waals surface area (Å²) >= 11 is 0. The number of hydrogen-bond acceptors (Lipinski definition) is 3. The molecule has 7 heteroatoms. The summed E-state index contributed by atoms with van der Waals surface area (Å²) in [5, 5.41) is 6.44. The second-order valence-electron chi connectivity index (χ2n) is 6.20. The lowest BCUT2D eigenvalue weighted by Gasteiger charge is -2.21. The van der Waals surface area contributed by atoms with Crippen molar-refractivity contribution in [1.29, 1.82) is 0 Å². The van der Waals surface area contributed by atoms with Gasteiger partial charge in [-0.2, -0.15) is 0 Å². The Hall–Kier alpha value is -0.930. The minimum atomic E-state index is -0.219. The minimum Gasteiger partial charge on any atom is -0.381 e. The van der Waals surface area contributed by atoms with Gasteiger partial charge in [0, 0.05) is 45.1 Å². The van der Waals surface area contributed by atoms with Gasteiger partial charge in [-0.3, -0.25) is 0 Å². The van der Waals surface area contributed by atoms with Crippen molar-refractivity contribution in [3.05, 3.63) is 35.6 Å². The maximum absolute atomic E-state index is 13.6. The number of halogens is 2. The van der Waals surface area contributed by atoms with E-state index in [9.17, 15) is 4.39 Å². The second kappa shape index (κ2) is 14.2. The molecule has 1 heterocycles. The van der Waals surface area contributed by atoms with E-state index < -0.39 is 0 Å². The van der Waals surface area contributed by atoms with E-state index in [1.54, 1.807) is 12.1 Å². The number of guanidine groups is 1. The van der Waals surface area contributed by atoms with Crippen molar-refractivity contribution >= 4 is 29.9 Å². The normalized spacial score (nSPS) is 15.4. The minimum absolute atomic E-state index is 0. The van der Waals surface area contributed by atoms with Crippen LogP contribution in [-0.4, -0.2) is 45.5 Å². The highest BCUT2D eigenvalue weighted by Gasteiger charge is 2.13. The van der Waals surface area contributed by atoms with Crippen LogP contribution in [0.25, 0.3) is 0 Å². The van der Waals surface area contributed by atoms with E-state index >= 15 is 0 Å². The summed E-state index contributed by atoms with van der Waals surface area (Å²) < 4.78 is 24.7. The molecular formula is C19H31FIN3O2. The van der Waals surface area contributed by atoms with Gasteiger partial charge in [0.2, 0.25) is 0 Å². The Morgan fingerprint density at radius 1 is 1.27 bits per heavy atom. The molecule has 0 aliphatic carbocycles. The molecule has 1 fully saturated rings. The molecule has 1 aromatic carbocycles. The summed E-state index contributed by atoms with van der Waals surface area (Å²) in [6.45, 7) is 7.15. The van der Waals surface area contributed by atoms with Gasteiger partial charge in [0.05, 0.1) is 6.54 Å². The highest BCUT2D eigenvalue weighted by Crippen LogP contribution is 2.14. The molecule has 0 bridgehead atoms. The Morgan fingerprint density at radius 2 is 2.04 bits per heavy atom. The highest BCUT2D eigenvalue weighted by atomic mass is 127. The summed E-state index contributed by atoms with van der Waals surface area (Å²) in [6.07, 6.45) is 3.12. The fraction of sp³-hybridized carbons (Fsp3) is 0.632. The standard InChI is InChI=1S/C19H30FN3O2.HI/c1-2-21-19(23-14-17-6-3-4-7-18(17)20)22-10-5-11-25-15-16-8-12-24-13-9-16;/h3-4,6-7,16H,2,5,8-15H2,1H3,(H2,21,22,23);1H. The lowest BCUT2D eigenvalue weighted by molar-refractivity contribution is 0.0203. The number of nitrogens with zero attached hydrogens (tertiary/aromatic N) is 1. The van der Waals surface area contributed by atoms with Crippen LogP contribution in [0.2, 0.25) is 0 Å². The number of nitrogens with one attached hydrogen (secondary N) is 2. The van der Waals surface area contributed by atoms with Gasteiger partial charge >= 0.3 is 0 Å². The second-order valence-corrected chi connectivity index (χ2v) is 6.20. The average molecular weight is 479 g/mol. The molecule has 1 aliphatic rings. The SMILES string of the molecule is CCNC(=NCc1ccccc1F)NCCCOCC1CCOCC1.I. The van der Waals surface area contributed by atoms with Gasteiger partial charge in [-0.25, -0.2) is 9.38 Å². The largest absolute Gasteiger partial charge is 0.381 e. The average Bonchev–Trinajstić information content (AvgIpc) is 2.64. The van der Waals surface area contributed by atoms with Crippen molar-refractivity contribution < 1.29 is 13.9 Å². The van der Waals surface area contributed by atoms with Gasteiger partial charge in [0.1, 0.15) is 5.82 Å². The van der Waals surface area contributed by atoms with Crippen LogP contribution in [-0.2, 0) is 16.0 Å². The van der Waals surface area contributed by atoms with Crippen molar-refractivity contribution in [2.75, 3.05) is 39.5 Å². The first-order valence-electron chi connectivity index (χ1n) is 9.20. The van der Waals surface area contributed by atoms with E-state index in [-0.39, 0.29) is 29.8 Å². The molecule has 1 aromatic rings. The summed E-state index contributed by atoms with van der Waals surface area (Å²) in [6, 6.07) is 6.73. The predicted octanol–water partition coefficient (Wildman–Crippen LogP) is 3.33. The van der Waals surface area contributed by atoms with Crippen molar-refractivity contribution in [2.24, 2.45) is 10.9 Å². The lowest BCUT2D eigenvalue weighted by atomic mass is 10.0. The summed E-state index contributed by atoms with van der Waals surface area (Å²) in [5.41, 5.74) is 0.597. The Labute approximate surface area is 173 Å². The van der Waals surface area contributed by atoms with Crippen LogP contribution in [0.4, 0.5) is 4.39 Å². The van der Waals surface area contributed by atoms with Crippen LogP contribution in [0.15, 0.2) is 29.3 Å². The molecule has 1 aliphatic heterocycles. The zero-order valence-electron chi connectivity index (χ0n) is 15.5. The zero-order chi connectivity index (χ0) is 17.7. The van der Waals surface area contributed by atoms with Gasteiger partial charge in [-0.15, -0.1) is 24.0 Å². The Morgan fingerprint density at radius 3 is 2.77 bits per heavy atom. The van der Waals surface area contributed by atoms with Gasteiger partial charge in [-0.05, 0) is 38.2 Å². The van der Waals surface area contributed by atoms with Crippen molar-refractivity contribution in [3.63, 3.8) is 0 Å². The lowest BCUT2D eigenvalue weighted by Crippen LogP contribution is -2.38. The third-order valence-corrected chi connectivity index (χ3v) is 4.16. The molecule has 148 valence electrons. The molecule has 0 unspecified atom stereocenters. The van der Waals surface area contributed by atoms with Crippen LogP contribution in [0.3, 0.4) is 0 Å². The Balaban J connectivity index is 0.00000338.